The van der Waals surface area contributed by atoms with Gasteiger partial charge in [-0.15, -0.1) is 0 Å². The van der Waals surface area contributed by atoms with Crippen LogP contribution in [0.5, 0.6) is 11.5 Å². The van der Waals surface area contributed by atoms with Crippen molar-refractivity contribution in [2.45, 2.75) is 18.0 Å². The van der Waals surface area contributed by atoms with Crippen LogP contribution in [-0.4, -0.2) is 27.6 Å². The van der Waals surface area contributed by atoms with Crippen LogP contribution in [-0.2, 0) is 23.2 Å². The Kier molecular flexibility index (Phi) is 10.1. The summed E-state index contributed by atoms with van der Waals surface area (Å²) in [4.78, 5) is 13.4. The lowest BCUT2D eigenvalue weighted by Gasteiger charge is -2.26. The second-order valence-electron chi connectivity index (χ2n) is 9.88. The smallest absolute Gasteiger partial charge is 0.273 e. The van der Waals surface area contributed by atoms with Gasteiger partial charge in [0.2, 0.25) is 0 Å². The Morgan fingerprint density at radius 1 is 0.822 bits per heavy atom. The zero-order valence-electron chi connectivity index (χ0n) is 24.3. The average Bonchev–Trinajstić information content (AvgIpc) is 3.07. The van der Waals surface area contributed by atoms with Gasteiger partial charge in [0.05, 0.1) is 36.0 Å². The van der Waals surface area contributed by atoms with E-state index in [1.807, 2.05) is 54.6 Å². The molecule has 0 aliphatic heterocycles. The minimum Gasteiger partial charge on any atom is -0.497 e. The number of nitrogens with zero attached hydrogens (tertiary/aromatic N) is 2. The van der Waals surface area contributed by atoms with Crippen molar-refractivity contribution in [1.29, 1.82) is 0 Å². The van der Waals surface area contributed by atoms with Gasteiger partial charge in [-0.1, -0.05) is 66.2 Å². The van der Waals surface area contributed by atoms with Crippen molar-refractivity contribution < 1.29 is 22.7 Å². The number of para-hydroxylation sites is 1. The minimum atomic E-state index is -4.08. The molecule has 0 unspecified atom stereocenters. The number of hydrogen-bond donors (Lipinski definition) is 1. The molecule has 1 amide bonds. The third kappa shape index (κ3) is 8.08. The van der Waals surface area contributed by atoms with Crippen LogP contribution in [0.15, 0.2) is 137 Å². The maximum atomic E-state index is 14.0. The summed E-state index contributed by atoms with van der Waals surface area (Å²) in [6.07, 6.45) is 1.50. The Labute approximate surface area is 267 Å². The van der Waals surface area contributed by atoms with Crippen molar-refractivity contribution >= 4 is 39.4 Å². The number of amides is 1. The molecule has 0 bridgehead atoms. The van der Waals surface area contributed by atoms with E-state index in [4.69, 9.17) is 21.1 Å². The van der Waals surface area contributed by atoms with E-state index in [0.717, 1.165) is 16.7 Å². The quantitative estimate of drug-likeness (QED) is 0.116. The number of hydrogen-bond acceptors (Lipinski definition) is 6. The van der Waals surface area contributed by atoms with Gasteiger partial charge in [-0.3, -0.25) is 9.10 Å². The fourth-order valence-electron chi connectivity index (χ4n) is 4.48. The van der Waals surface area contributed by atoms with E-state index < -0.39 is 15.9 Å². The number of carbonyl (C=O) groups excluding carboxylic acids is 1. The van der Waals surface area contributed by atoms with Crippen molar-refractivity contribution in [2.75, 3.05) is 11.4 Å². The number of methoxy groups -OCH3 is 1. The highest BCUT2D eigenvalue weighted by atomic mass is 35.5. The zero-order valence-corrected chi connectivity index (χ0v) is 25.9. The van der Waals surface area contributed by atoms with E-state index in [-0.39, 0.29) is 22.7 Å². The molecular formula is C35H30ClN3O5S. The number of ether oxygens (including phenoxy) is 2. The largest absolute Gasteiger partial charge is 0.497 e. The van der Waals surface area contributed by atoms with E-state index in [1.165, 1.54) is 29.8 Å². The molecule has 0 saturated heterocycles. The molecular weight excluding hydrogens is 610 g/mol. The van der Waals surface area contributed by atoms with Gasteiger partial charge in [0.15, 0.2) is 0 Å². The van der Waals surface area contributed by atoms with Crippen LogP contribution in [0.2, 0.25) is 5.02 Å². The first kappa shape index (κ1) is 31.3. The molecule has 0 fully saturated rings. The highest BCUT2D eigenvalue weighted by molar-refractivity contribution is 7.92. The summed E-state index contributed by atoms with van der Waals surface area (Å²) in [5.74, 6) is 0.633. The fraction of sp³-hybridized carbons (Fsp3) is 0.0857. The van der Waals surface area contributed by atoms with Gasteiger partial charge in [0, 0.05) is 5.02 Å². The van der Waals surface area contributed by atoms with E-state index in [9.17, 15) is 13.2 Å². The summed E-state index contributed by atoms with van der Waals surface area (Å²) >= 11 is 6.04. The van der Waals surface area contributed by atoms with Crippen LogP contribution in [0.25, 0.3) is 0 Å². The van der Waals surface area contributed by atoms with Crippen molar-refractivity contribution in [1.82, 2.24) is 5.43 Å². The van der Waals surface area contributed by atoms with Crippen molar-refractivity contribution in [2.24, 2.45) is 5.10 Å². The molecule has 228 valence electrons. The fourth-order valence-corrected chi connectivity index (χ4v) is 6.16. The second-order valence-corrected chi connectivity index (χ2v) is 12.2. The molecule has 0 heterocycles. The van der Waals surface area contributed by atoms with Gasteiger partial charge in [-0.25, -0.2) is 13.8 Å². The summed E-state index contributed by atoms with van der Waals surface area (Å²) in [7, 11) is -2.57. The Morgan fingerprint density at radius 3 is 2.20 bits per heavy atom. The molecule has 8 nitrogen and oxygen atoms in total. The first-order chi connectivity index (χ1) is 21.8. The molecule has 0 aliphatic carbocycles. The van der Waals surface area contributed by atoms with Crippen LogP contribution in [0.3, 0.4) is 0 Å². The lowest BCUT2D eigenvalue weighted by atomic mass is 10.1. The molecule has 5 aromatic rings. The number of carbonyl (C=O) groups is 1. The van der Waals surface area contributed by atoms with Crippen LogP contribution in [0.4, 0.5) is 5.69 Å². The third-order valence-corrected chi connectivity index (χ3v) is 8.80. The Bertz CT molecular complexity index is 1880. The Morgan fingerprint density at radius 2 is 1.49 bits per heavy atom. The first-order valence-corrected chi connectivity index (χ1v) is 15.8. The predicted molar refractivity (Wildman–Crippen MR) is 177 cm³/mol. The highest BCUT2D eigenvalue weighted by Gasteiger charge is 2.28. The molecule has 5 rings (SSSR count). The molecule has 10 heteroatoms. The number of hydrazone groups is 1. The molecule has 0 aliphatic rings. The SMILES string of the molecule is COc1ccc(S(=O)(=O)N(Cc2ccccc2)c2ccccc2C(=O)N/N=C\c2ccc(OCc3cccc(Cl)c3)cc2)cc1. The summed E-state index contributed by atoms with van der Waals surface area (Å²) in [5, 5.41) is 4.76. The molecule has 45 heavy (non-hydrogen) atoms. The van der Waals surface area contributed by atoms with Crippen molar-refractivity contribution in [3.63, 3.8) is 0 Å². The summed E-state index contributed by atoms with van der Waals surface area (Å²) in [6, 6.07) is 36.5. The first-order valence-electron chi connectivity index (χ1n) is 13.9. The van der Waals surface area contributed by atoms with Crippen LogP contribution in [0, 0.1) is 0 Å². The Balaban J connectivity index is 1.33. The average molecular weight is 640 g/mol. The molecule has 1 N–H and O–H groups in total. The summed E-state index contributed by atoms with van der Waals surface area (Å²) in [6.45, 7) is 0.382. The maximum absolute atomic E-state index is 14.0. The number of halogens is 1. The molecule has 0 spiro atoms. The van der Waals surface area contributed by atoms with Crippen LogP contribution in [0.1, 0.15) is 27.0 Å². The number of anilines is 1. The molecule has 5 aromatic carbocycles. The number of benzene rings is 5. The number of nitrogens with one attached hydrogen (secondary N) is 1. The highest BCUT2D eigenvalue weighted by Crippen LogP contribution is 2.30. The van der Waals surface area contributed by atoms with E-state index in [2.05, 4.69) is 10.5 Å². The van der Waals surface area contributed by atoms with Crippen molar-refractivity contribution in [3.05, 3.63) is 155 Å². The van der Waals surface area contributed by atoms with E-state index >= 15 is 0 Å². The lowest BCUT2D eigenvalue weighted by molar-refractivity contribution is 0.0955. The summed E-state index contributed by atoms with van der Waals surface area (Å²) in [5.41, 5.74) is 5.32. The van der Waals surface area contributed by atoms with Gasteiger partial charge in [-0.05, 0) is 89.5 Å². The molecule has 0 radical (unpaired) electrons. The molecule has 0 atom stereocenters. The topological polar surface area (TPSA) is 97.3 Å². The van der Waals surface area contributed by atoms with Crippen molar-refractivity contribution in [3.8, 4) is 11.5 Å². The number of rotatable bonds is 12. The van der Waals surface area contributed by atoms with Gasteiger partial charge < -0.3 is 9.47 Å². The summed E-state index contributed by atoms with van der Waals surface area (Å²) < 4.78 is 40.2. The number of sulfonamides is 1. The predicted octanol–water partition coefficient (Wildman–Crippen LogP) is 7.09. The van der Waals surface area contributed by atoms with Gasteiger partial charge in [-0.2, -0.15) is 5.10 Å². The zero-order chi connectivity index (χ0) is 31.6. The van der Waals surface area contributed by atoms with E-state index in [1.54, 1.807) is 60.7 Å². The van der Waals surface area contributed by atoms with Gasteiger partial charge >= 0.3 is 0 Å². The minimum absolute atomic E-state index is 0.00843. The van der Waals surface area contributed by atoms with Crippen LogP contribution >= 0.6 is 11.6 Å². The monoisotopic (exact) mass is 639 g/mol. The molecule has 0 aromatic heterocycles. The van der Waals surface area contributed by atoms with Gasteiger partial charge in [0.1, 0.15) is 18.1 Å². The van der Waals surface area contributed by atoms with Gasteiger partial charge in [0.25, 0.3) is 15.9 Å². The van der Waals surface area contributed by atoms with E-state index in [0.29, 0.717) is 23.1 Å². The lowest BCUT2D eigenvalue weighted by Crippen LogP contribution is -2.33. The second kappa shape index (κ2) is 14.6. The van der Waals surface area contributed by atoms with Crippen LogP contribution < -0.4 is 19.2 Å². The maximum Gasteiger partial charge on any atom is 0.273 e. The normalized spacial score (nSPS) is 11.2. The Hall–Kier alpha value is -5.12. The third-order valence-electron chi connectivity index (χ3n) is 6.79. The molecule has 0 saturated carbocycles. The standard InChI is InChI=1S/C35H30ClN3O5S/c1-43-30-18-20-32(21-19-30)45(41,42)39(24-27-8-3-2-4-9-27)34-13-6-5-12-33(34)35(40)38-37-23-26-14-16-31(17-15-26)44-25-28-10-7-11-29(36)22-28/h2-23H,24-25H2,1H3,(H,38,40)/b37-23-.